The van der Waals surface area contributed by atoms with E-state index in [0.717, 1.165) is 16.8 Å². The Labute approximate surface area is 144 Å². The Morgan fingerprint density at radius 1 is 1.16 bits per heavy atom. The van der Waals surface area contributed by atoms with Crippen molar-refractivity contribution in [1.82, 2.24) is 20.4 Å². The summed E-state index contributed by atoms with van der Waals surface area (Å²) in [5.41, 5.74) is 3.23. The van der Waals surface area contributed by atoms with Crippen LogP contribution in [-0.4, -0.2) is 22.2 Å². The molecule has 126 valence electrons. The Bertz CT molecular complexity index is 890. The minimum Gasteiger partial charge on any atom is -0.347 e. The highest BCUT2D eigenvalue weighted by Crippen LogP contribution is 2.22. The van der Waals surface area contributed by atoms with Gasteiger partial charge in [0.2, 0.25) is 0 Å². The molecule has 25 heavy (non-hydrogen) atoms. The minimum absolute atomic E-state index is 0.130. The molecule has 4 rings (SSSR count). The van der Waals surface area contributed by atoms with Gasteiger partial charge in [-0.25, -0.2) is 9.07 Å². The van der Waals surface area contributed by atoms with Crippen LogP contribution >= 0.6 is 0 Å². The average molecular weight is 336 g/mol. The molecule has 0 unspecified atom stereocenters. The molecule has 0 fully saturated rings. The lowest BCUT2D eigenvalue weighted by Gasteiger charge is -2.25. The van der Waals surface area contributed by atoms with Crippen LogP contribution in [0.2, 0.25) is 0 Å². The summed E-state index contributed by atoms with van der Waals surface area (Å²) >= 11 is 0. The molecule has 1 aliphatic rings. The van der Waals surface area contributed by atoms with Crippen molar-refractivity contribution in [2.75, 3.05) is 6.54 Å². The van der Waals surface area contributed by atoms with Crippen LogP contribution in [0.4, 0.5) is 4.39 Å². The molecular weight excluding hydrogens is 319 g/mol. The molecule has 2 N–H and O–H groups in total. The van der Waals surface area contributed by atoms with Crippen LogP contribution in [-0.2, 0) is 6.54 Å². The fourth-order valence-corrected chi connectivity index (χ4v) is 2.91. The van der Waals surface area contributed by atoms with Crippen LogP contribution in [0.15, 0.2) is 60.7 Å². The average Bonchev–Trinajstić information content (AvgIpc) is 3.10. The van der Waals surface area contributed by atoms with Crippen LogP contribution < -0.4 is 10.6 Å². The molecule has 0 saturated carbocycles. The molecule has 0 spiro atoms. The lowest BCUT2D eigenvalue weighted by molar-refractivity contribution is 0.0900. The molecule has 1 aromatic heterocycles. The number of nitrogens with zero attached hydrogens (tertiary/aromatic N) is 2. The SMILES string of the molecule is O=C1NC[C@H](NCc2ccc(F)cc2)n2nc(-c3ccccc3)cc21. The van der Waals surface area contributed by atoms with Gasteiger partial charge in [0.1, 0.15) is 17.7 Å². The number of carbonyl (C=O) groups excluding carboxylic acids is 1. The number of carbonyl (C=O) groups is 1. The van der Waals surface area contributed by atoms with Crippen molar-refractivity contribution in [3.63, 3.8) is 0 Å². The first kappa shape index (κ1) is 15.5. The van der Waals surface area contributed by atoms with E-state index >= 15 is 0 Å². The Balaban J connectivity index is 1.57. The van der Waals surface area contributed by atoms with Crippen LogP contribution in [0.5, 0.6) is 0 Å². The predicted octanol–water partition coefficient (Wildman–Crippen LogP) is 2.72. The first-order valence-electron chi connectivity index (χ1n) is 8.12. The highest BCUT2D eigenvalue weighted by molar-refractivity contribution is 5.94. The van der Waals surface area contributed by atoms with Gasteiger partial charge in [0.25, 0.3) is 5.91 Å². The second-order valence-electron chi connectivity index (χ2n) is 5.96. The Kier molecular flexibility index (Phi) is 4.03. The lowest BCUT2D eigenvalue weighted by Crippen LogP contribution is -2.45. The summed E-state index contributed by atoms with van der Waals surface area (Å²) in [4.78, 5) is 12.1. The zero-order valence-electron chi connectivity index (χ0n) is 13.4. The molecule has 1 atom stereocenters. The predicted molar refractivity (Wildman–Crippen MR) is 92.3 cm³/mol. The highest BCUT2D eigenvalue weighted by Gasteiger charge is 2.27. The van der Waals surface area contributed by atoms with E-state index in [0.29, 0.717) is 18.8 Å². The Morgan fingerprint density at radius 2 is 1.92 bits per heavy atom. The van der Waals surface area contributed by atoms with E-state index < -0.39 is 0 Å². The van der Waals surface area contributed by atoms with Gasteiger partial charge in [0.15, 0.2) is 0 Å². The summed E-state index contributed by atoms with van der Waals surface area (Å²) in [5.74, 6) is -0.384. The maximum absolute atomic E-state index is 13.0. The first-order chi connectivity index (χ1) is 12.2. The van der Waals surface area contributed by atoms with Gasteiger partial charge in [-0.2, -0.15) is 5.10 Å². The molecule has 1 aliphatic heterocycles. The zero-order chi connectivity index (χ0) is 17.2. The van der Waals surface area contributed by atoms with E-state index in [2.05, 4.69) is 15.7 Å². The summed E-state index contributed by atoms with van der Waals surface area (Å²) in [6.45, 7) is 1.00. The van der Waals surface area contributed by atoms with Crippen LogP contribution in [0.25, 0.3) is 11.3 Å². The normalized spacial score (nSPS) is 16.4. The third-order valence-electron chi connectivity index (χ3n) is 4.24. The molecule has 6 heteroatoms. The summed E-state index contributed by atoms with van der Waals surface area (Å²) in [6, 6.07) is 17.9. The Morgan fingerprint density at radius 3 is 2.68 bits per heavy atom. The molecule has 0 saturated heterocycles. The van der Waals surface area contributed by atoms with E-state index in [1.807, 2.05) is 30.3 Å². The van der Waals surface area contributed by atoms with Gasteiger partial charge in [-0.1, -0.05) is 42.5 Å². The Hall–Kier alpha value is -2.99. The molecular formula is C19H17FN4O. The van der Waals surface area contributed by atoms with Gasteiger partial charge in [-0.05, 0) is 23.8 Å². The van der Waals surface area contributed by atoms with Gasteiger partial charge in [0.05, 0.1) is 12.2 Å². The lowest BCUT2D eigenvalue weighted by atomic mass is 10.1. The summed E-state index contributed by atoms with van der Waals surface area (Å²) in [6.07, 6.45) is -0.157. The molecule has 0 aliphatic carbocycles. The van der Waals surface area contributed by atoms with Crippen molar-refractivity contribution in [1.29, 1.82) is 0 Å². The zero-order valence-corrected chi connectivity index (χ0v) is 13.4. The van der Waals surface area contributed by atoms with E-state index in [1.165, 1.54) is 12.1 Å². The van der Waals surface area contributed by atoms with E-state index in [-0.39, 0.29) is 17.9 Å². The third-order valence-corrected chi connectivity index (χ3v) is 4.24. The van der Waals surface area contributed by atoms with Gasteiger partial charge >= 0.3 is 0 Å². The van der Waals surface area contributed by atoms with Gasteiger partial charge < -0.3 is 5.32 Å². The summed E-state index contributed by atoms with van der Waals surface area (Å²) in [7, 11) is 0. The monoisotopic (exact) mass is 336 g/mol. The fraction of sp³-hybridized carbons (Fsp3) is 0.158. The largest absolute Gasteiger partial charge is 0.347 e. The second-order valence-corrected chi connectivity index (χ2v) is 5.96. The number of nitrogens with one attached hydrogen (secondary N) is 2. The molecule has 0 bridgehead atoms. The molecule has 3 aromatic rings. The van der Waals surface area contributed by atoms with Crippen molar-refractivity contribution in [2.45, 2.75) is 12.7 Å². The second kappa shape index (κ2) is 6.49. The molecule has 2 aromatic carbocycles. The smallest absolute Gasteiger partial charge is 0.269 e. The number of aromatic nitrogens is 2. The first-order valence-corrected chi connectivity index (χ1v) is 8.12. The summed E-state index contributed by atoms with van der Waals surface area (Å²) in [5, 5.41) is 10.9. The van der Waals surface area contributed by atoms with Gasteiger partial charge in [-0.3, -0.25) is 10.1 Å². The number of benzene rings is 2. The van der Waals surface area contributed by atoms with Crippen molar-refractivity contribution < 1.29 is 9.18 Å². The number of fused-ring (bicyclic) bond motifs is 1. The maximum atomic E-state index is 13.0. The molecule has 5 nitrogen and oxygen atoms in total. The van der Waals surface area contributed by atoms with Crippen molar-refractivity contribution >= 4 is 5.91 Å². The van der Waals surface area contributed by atoms with Crippen LogP contribution in [0, 0.1) is 5.82 Å². The van der Waals surface area contributed by atoms with Crippen molar-refractivity contribution in [3.8, 4) is 11.3 Å². The van der Waals surface area contributed by atoms with Crippen molar-refractivity contribution in [3.05, 3.63) is 77.7 Å². The number of hydrogen-bond acceptors (Lipinski definition) is 3. The number of hydrogen-bond donors (Lipinski definition) is 2. The minimum atomic E-state index is -0.254. The third kappa shape index (κ3) is 3.16. The van der Waals surface area contributed by atoms with Crippen LogP contribution in [0.3, 0.4) is 0 Å². The number of halogens is 1. The standard InChI is InChI=1S/C19H17FN4O/c20-15-8-6-13(7-9-15)11-21-18-12-22-19(25)17-10-16(23-24(17)18)14-4-2-1-3-5-14/h1-10,18,21H,11-12H2,(H,22,25)/t18-/m1/s1. The topological polar surface area (TPSA) is 59.0 Å². The number of amides is 1. The summed E-state index contributed by atoms with van der Waals surface area (Å²) < 4.78 is 14.7. The van der Waals surface area contributed by atoms with E-state index in [1.54, 1.807) is 22.9 Å². The van der Waals surface area contributed by atoms with Crippen LogP contribution in [0.1, 0.15) is 22.2 Å². The maximum Gasteiger partial charge on any atom is 0.269 e. The van der Waals surface area contributed by atoms with Gasteiger partial charge in [0, 0.05) is 12.1 Å². The highest BCUT2D eigenvalue weighted by atomic mass is 19.1. The van der Waals surface area contributed by atoms with E-state index in [4.69, 9.17) is 0 Å². The van der Waals surface area contributed by atoms with Gasteiger partial charge in [-0.15, -0.1) is 0 Å². The fourth-order valence-electron chi connectivity index (χ4n) is 2.91. The van der Waals surface area contributed by atoms with E-state index in [9.17, 15) is 9.18 Å². The number of rotatable bonds is 4. The van der Waals surface area contributed by atoms with Crippen molar-refractivity contribution in [2.24, 2.45) is 0 Å². The molecule has 1 amide bonds. The quantitative estimate of drug-likeness (QED) is 0.770. The molecule has 2 heterocycles. The molecule has 0 radical (unpaired) electrons.